The van der Waals surface area contributed by atoms with Crippen molar-refractivity contribution in [3.05, 3.63) is 33.7 Å². The lowest BCUT2D eigenvalue weighted by Crippen LogP contribution is -2.28. The predicted octanol–water partition coefficient (Wildman–Crippen LogP) is 1.42. The van der Waals surface area contributed by atoms with E-state index in [4.69, 9.17) is 29.6 Å². The summed E-state index contributed by atoms with van der Waals surface area (Å²) in [6, 6.07) is 2.99. The van der Waals surface area contributed by atoms with Crippen molar-refractivity contribution in [2.24, 2.45) is 11.7 Å². The van der Waals surface area contributed by atoms with E-state index >= 15 is 0 Å². The van der Waals surface area contributed by atoms with Gasteiger partial charge in [-0.2, -0.15) is 0 Å². The van der Waals surface area contributed by atoms with E-state index in [1.165, 1.54) is 10.6 Å². The second-order valence-corrected chi connectivity index (χ2v) is 4.05. The molecule has 1 aromatic heterocycles. The number of pyridine rings is 1. The summed E-state index contributed by atoms with van der Waals surface area (Å²) in [6.07, 6.45) is 1.58. The van der Waals surface area contributed by atoms with E-state index in [1.807, 2.05) is 6.92 Å². The molecule has 0 aliphatic carbocycles. The molecule has 2 N–H and O–H groups in total. The zero-order chi connectivity index (χ0) is 10.7. The number of hydrogen-bond acceptors (Lipinski definition) is 2. The first-order valence-corrected chi connectivity index (χ1v) is 4.94. The van der Waals surface area contributed by atoms with Gasteiger partial charge in [0.2, 0.25) is 0 Å². The normalized spacial score (nSPS) is 12.4. The number of halogens is 1. The largest absolute Gasteiger partial charge is 0.393 e. The molecule has 0 aliphatic heterocycles. The van der Waals surface area contributed by atoms with Gasteiger partial charge in [0.1, 0.15) is 0 Å². The molecule has 0 saturated carbocycles. The minimum atomic E-state index is -0.0995. The Morgan fingerprint density at radius 1 is 1.71 bits per heavy atom. The fraction of sp³-hybridized carbons (Fsp3) is 0.333. The predicted molar refractivity (Wildman–Crippen MR) is 61.7 cm³/mol. The van der Waals surface area contributed by atoms with Crippen LogP contribution in [0, 0.1) is 5.92 Å². The molecule has 14 heavy (non-hydrogen) atoms. The van der Waals surface area contributed by atoms with Crippen LogP contribution >= 0.6 is 23.8 Å². The minimum absolute atomic E-state index is 0.0128. The molecule has 0 aliphatic rings. The molecule has 1 unspecified atom stereocenters. The Morgan fingerprint density at radius 2 is 2.36 bits per heavy atom. The molecule has 3 nitrogen and oxygen atoms in total. The van der Waals surface area contributed by atoms with Crippen LogP contribution in [-0.4, -0.2) is 9.56 Å². The van der Waals surface area contributed by atoms with Crippen LogP contribution in [0.2, 0.25) is 5.02 Å². The van der Waals surface area contributed by atoms with Gasteiger partial charge in [0.05, 0.1) is 10.0 Å². The summed E-state index contributed by atoms with van der Waals surface area (Å²) in [7, 11) is 0. The number of rotatable bonds is 3. The molecule has 0 aromatic carbocycles. The zero-order valence-electron chi connectivity index (χ0n) is 7.74. The number of nitrogens with zero attached hydrogens (tertiary/aromatic N) is 1. The van der Waals surface area contributed by atoms with E-state index < -0.39 is 0 Å². The summed E-state index contributed by atoms with van der Waals surface area (Å²) < 4.78 is 1.51. The summed E-state index contributed by atoms with van der Waals surface area (Å²) in [6.45, 7) is 2.34. The van der Waals surface area contributed by atoms with E-state index in [0.717, 1.165) is 0 Å². The molecule has 5 heteroatoms. The molecule has 0 fully saturated rings. The molecule has 1 rings (SSSR count). The summed E-state index contributed by atoms with van der Waals surface area (Å²) in [5, 5.41) is 0.528. The SMILES string of the molecule is CC(Cn1cc(Cl)ccc1=O)C(N)=S. The zero-order valence-corrected chi connectivity index (χ0v) is 9.31. The molecule has 0 saturated heterocycles. The van der Waals surface area contributed by atoms with Crippen LogP contribution in [0.25, 0.3) is 0 Å². The molecular formula is C9H11ClN2OS. The Balaban J connectivity index is 2.91. The molecule has 1 aromatic rings. The first-order chi connectivity index (χ1) is 6.50. The standard InChI is InChI=1S/C9H11ClN2OS/c1-6(9(11)14)4-12-5-7(10)2-3-8(12)13/h2-3,5-6H,4H2,1H3,(H2,11,14). The van der Waals surface area contributed by atoms with E-state index in [9.17, 15) is 4.79 Å². The maximum atomic E-state index is 11.3. The lowest BCUT2D eigenvalue weighted by atomic mass is 10.2. The second kappa shape index (κ2) is 4.57. The van der Waals surface area contributed by atoms with Gasteiger partial charge in [-0.05, 0) is 6.07 Å². The van der Waals surface area contributed by atoms with Crippen molar-refractivity contribution in [2.45, 2.75) is 13.5 Å². The van der Waals surface area contributed by atoms with Crippen molar-refractivity contribution in [3.63, 3.8) is 0 Å². The Hall–Kier alpha value is -0.870. The summed E-state index contributed by atoms with van der Waals surface area (Å²) in [4.78, 5) is 11.7. The molecule has 0 bridgehead atoms. The van der Waals surface area contributed by atoms with Crippen molar-refractivity contribution in [1.82, 2.24) is 4.57 Å². The maximum absolute atomic E-state index is 11.3. The van der Waals surface area contributed by atoms with Crippen LogP contribution in [0.4, 0.5) is 0 Å². The van der Waals surface area contributed by atoms with Crippen LogP contribution in [0.5, 0.6) is 0 Å². The average molecular weight is 231 g/mol. The quantitative estimate of drug-likeness (QED) is 0.800. The van der Waals surface area contributed by atoms with Gasteiger partial charge in [-0.15, -0.1) is 0 Å². The third kappa shape index (κ3) is 2.82. The number of thiocarbonyl (C=S) groups is 1. The summed E-state index contributed by atoms with van der Waals surface area (Å²) in [5.74, 6) is -0.0128. The molecule has 0 amide bonds. The Morgan fingerprint density at radius 3 is 2.93 bits per heavy atom. The van der Waals surface area contributed by atoms with Crippen LogP contribution in [0.3, 0.4) is 0 Å². The third-order valence-corrected chi connectivity index (χ3v) is 2.53. The highest BCUT2D eigenvalue weighted by Gasteiger charge is 2.07. The first-order valence-electron chi connectivity index (χ1n) is 4.16. The van der Waals surface area contributed by atoms with Gasteiger partial charge in [0.25, 0.3) is 5.56 Å². The highest BCUT2D eigenvalue weighted by atomic mass is 35.5. The third-order valence-electron chi connectivity index (χ3n) is 1.90. The van der Waals surface area contributed by atoms with E-state index in [1.54, 1.807) is 12.3 Å². The molecule has 1 heterocycles. The molecule has 76 valence electrons. The van der Waals surface area contributed by atoms with Crippen LogP contribution in [0.1, 0.15) is 6.92 Å². The number of aromatic nitrogens is 1. The lowest BCUT2D eigenvalue weighted by Gasteiger charge is -2.11. The van der Waals surface area contributed by atoms with Gasteiger partial charge < -0.3 is 10.3 Å². The maximum Gasteiger partial charge on any atom is 0.250 e. The Kier molecular flexibility index (Phi) is 3.66. The second-order valence-electron chi connectivity index (χ2n) is 3.14. The van der Waals surface area contributed by atoms with Crippen molar-refractivity contribution < 1.29 is 0 Å². The lowest BCUT2D eigenvalue weighted by molar-refractivity contribution is 0.581. The summed E-state index contributed by atoms with van der Waals surface area (Å²) in [5.41, 5.74) is 5.36. The van der Waals surface area contributed by atoms with E-state index in [0.29, 0.717) is 16.6 Å². The molecule has 0 spiro atoms. The van der Waals surface area contributed by atoms with Crippen LogP contribution in [-0.2, 0) is 6.54 Å². The van der Waals surface area contributed by atoms with Crippen molar-refractivity contribution >= 4 is 28.8 Å². The monoisotopic (exact) mass is 230 g/mol. The van der Waals surface area contributed by atoms with Gasteiger partial charge >= 0.3 is 0 Å². The topological polar surface area (TPSA) is 48.0 Å². The highest BCUT2D eigenvalue weighted by Crippen LogP contribution is 2.05. The molecular weight excluding hydrogens is 220 g/mol. The van der Waals surface area contributed by atoms with E-state index in [2.05, 4.69) is 0 Å². The Labute approximate surface area is 92.5 Å². The van der Waals surface area contributed by atoms with Gasteiger partial charge in [-0.3, -0.25) is 4.79 Å². The fourth-order valence-corrected chi connectivity index (χ4v) is 1.29. The highest BCUT2D eigenvalue weighted by molar-refractivity contribution is 7.80. The number of hydrogen-bond donors (Lipinski definition) is 1. The minimum Gasteiger partial charge on any atom is -0.393 e. The van der Waals surface area contributed by atoms with Gasteiger partial charge in [0, 0.05) is 24.7 Å². The number of nitrogens with two attached hydrogens (primary N) is 1. The first kappa shape index (κ1) is 11.2. The van der Waals surface area contributed by atoms with Crippen LogP contribution in [0.15, 0.2) is 23.1 Å². The van der Waals surface area contributed by atoms with Gasteiger partial charge in [0.15, 0.2) is 0 Å². The molecule has 1 atom stereocenters. The van der Waals surface area contributed by atoms with E-state index in [-0.39, 0.29) is 11.5 Å². The van der Waals surface area contributed by atoms with Crippen LogP contribution < -0.4 is 11.3 Å². The fourth-order valence-electron chi connectivity index (χ4n) is 1.03. The van der Waals surface area contributed by atoms with Crippen molar-refractivity contribution in [3.8, 4) is 0 Å². The Bertz CT molecular complexity index is 402. The average Bonchev–Trinajstić information content (AvgIpc) is 2.11. The van der Waals surface area contributed by atoms with Crippen molar-refractivity contribution in [1.29, 1.82) is 0 Å². The molecule has 0 radical (unpaired) electrons. The van der Waals surface area contributed by atoms with Gasteiger partial charge in [-0.25, -0.2) is 0 Å². The van der Waals surface area contributed by atoms with Crippen molar-refractivity contribution in [2.75, 3.05) is 0 Å². The summed E-state index contributed by atoms with van der Waals surface area (Å²) >= 11 is 10.6. The van der Waals surface area contributed by atoms with Gasteiger partial charge in [-0.1, -0.05) is 30.7 Å². The smallest absolute Gasteiger partial charge is 0.250 e.